The maximum Gasteiger partial charge on any atom is 0.171 e. The van der Waals surface area contributed by atoms with Crippen molar-refractivity contribution in [1.29, 1.82) is 0 Å². The van der Waals surface area contributed by atoms with Gasteiger partial charge in [0.15, 0.2) is 10.9 Å². The largest absolute Gasteiger partial charge is 0.504 e. The third-order valence-corrected chi connectivity index (χ3v) is 3.17. The number of halogens is 1. The Kier molecular flexibility index (Phi) is 5.27. The molecule has 0 aliphatic carbocycles. The van der Waals surface area contributed by atoms with E-state index in [1.807, 2.05) is 0 Å². The number of phenols is 1. The van der Waals surface area contributed by atoms with Gasteiger partial charge in [0, 0.05) is 5.54 Å². The van der Waals surface area contributed by atoms with Gasteiger partial charge in [-0.2, -0.15) is 0 Å². The number of hydrogen-bond acceptors (Lipinski definition) is 2. The lowest BCUT2D eigenvalue weighted by molar-refractivity contribution is 0.268. The lowest BCUT2D eigenvalue weighted by Gasteiger charge is -2.34. The van der Waals surface area contributed by atoms with Gasteiger partial charge in [-0.1, -0.05) is 38.4 Å². The number of phenolic OH excluding ortho intramolecular Hbond substituents is 1. The van der Waals surface area contributed by atoms with Crippen LogP contribution in [0.15, 0.2) is 18.2 Å². The molecule has 1 aromatic rings. The molecule has 0 aliphatic rings. The Morgan fingerprint density at radius 3 is 2.40 bits per heavy atom. The molecule has 0 spiro atoms. The van der Waals surface area contributed by atoms with Crippen LogP contribution in [-0.4, -0.2) is 15.8 Å². The van der Waals surface area contributed by atoms with Crippen molar-refractivity contribution >= 4 is 34.6 Å². The first-order valence-corrected chi connectivity index (χ1v) is 7.35. The van der Waals surface area contributed by atoms with Crippen LogP contribution in [0, 0.1) is 5.41 Å². The predicted octanol–water partition coefficient (Wildman–Crippen LogP) is 4.55. The highest BCUT2D eigenvalue weighted by atomic mass is 35.5. The summed E-state index contributed by atoms with van der Waals surface area (Å²) in [6.45, 7) is 10.8. The molecule has 0 saturated heterocycles. The van der Waals surface area contributed by atoms with Crippen molar-refractivity contribution in [3.63, 3.8) is 0 Å². The Morgan fingerprint density at radius 1 is 1.25 bits per heavy atom. The number of anilines is 1. The molecule has 1 aromatic carbocycles. The molecule has 0 amide bonds. The van der Waals surface area contributed by atoms with E-state index in [2.05, 4.69) is 45.3 Å². The number of benzene rings is 1. The quantitative estimate of drug-likeness (QED) is 0.566. The van der Waals surface area contributed by atoms with E-state index in [0.717, 1.165) is 6.42 Å². The molecule has 0 heterocycles. The first-order valence-electron chi connectivity index (χ1n) is 6.57. The van der Waals surface area contributed by atoms with Crippen LogP contribution in [0.1, 0.15) is 41.0 Å². The fourth-order valence-corrected chi connectivity index (χ4v) is 3.01. The van der Waals surface area contributed by atoms with Crippen LogP contribution in [0.4, 0.5) is 5.69 Å². The van der Waals surface area contributed by atoms with Crippen molar-refractivity contribution in [1.82, 2.24) is 5.32 Å². The van der Waals surface area contributed by atoms with Gasteiger partial charge in [0.2, 0.25) is 0 Å². The van der Waals surface area contributed by atoms with E-state index in [9.17, 15) is 5.11 Å². The molecule has 0 aromatic heterocycles. The Labute approximate surface area is 131 Å². The van der Waals surface area contributed by atoms with E-state index in [1.165, 1.54) is 0 Å². The van der Waals surface area contributed by atoms with Gasteiger partial charge in [0.1, 0.15) is 0 Å². The number of aromatic hydroxyl groups is 1. The topological polar surface area (TPSA) is 44.3 Å². The molecule has 0 fully saturated rings. The summed E-state index contributed by atoms with van der Waals surface area (Å²) < 4.78 is 0. The van der Waals surface area contributed by atoms with Crippen LogP contribution in [0.2, 0.25) is 5.02 Å². The average Bonchev–Trinajstić information content (AvgIpc) is 2.20. The highest BCUT2D eigenvalue weighted by molar-refractivity contribution is 7.80. The van der Waals surface area contributed by atoms with Crippen LogP contribution in [-0.2, 0) is 0 Å². The molecule has 0 bridgehead atoms. The molecule has 0 unspecified atom stereocenters. The van der Waals surface area contributed by atoms with Gasteiger partial charge in [-0.3, -0.25) is 0 Å². The molecule has 3 nitrogen and oxygen atoms in total. The van der Waals surface area contributed by atoms with Gasteiger partial charge < -0.3 is 15.7 Å². The van der Waals surface area contributed by atoms with E-state index < -0.39 is 0 Å². The van der Waals surface area contributed by atoms with E-state index in [-0.39, 0.29) is 16.7 Å². The number of hydrogen-bond donors (Lipinski definition) is 3. The molecule has 112 valence electrons. The second kappa shape index (κ2) is 6.19. The number of rotatable bonds is 3. The zero-order chi connectivity index (χ0) is 15.6. The first kappa shape index (κ1) is 17.1. The minimum absolute atomic E-state index is 0.00643. The lowest BCUT2D eigenvalue weighted by atomic mass is 9.82. The summed E-state index contributed by atoms with van der Waals surface area (Å²) in [7, 11) is 0. The fraction of sp³-hybridized carbons (Fsp3) is 0.533. The zero-order valence-corrected chi connectivity index (χ0v) is 14.2. The summed E-state index contributed by atoms with van der Waals surface area (Å²) in [5.41, 5.74) is 0.558. The Balaban J connectivity index is 2.70. The average molecular weight is 315 g/mol. The van der Waals surface area contributed by atoms with Crippen LogP contribution in [0.3, 0.4) is 0 Å². The summed E-state index contributed by atoms with van der Waals surface area (Å²) in [4.78, 5) is 0. The first-order chi connectivity index (χ1) is 9.00. The SMILES string of the molecule is CC(C)(C)CC(C)(C)NC(=S)Nc1cccc(Cl)c1O. The van der Waals surface area contributed by atoms with Gasteiger partial charge in [-0.15, -0.1) is 0 Å². The smallest absolute Gasteiger partial charge is 0.171 e. The Morgan fingerprint density at radius 2 is 1.85 bits per heavy atom. The summed E-state index contributed by atoms with van der Waals surface area (Å²) in [6.07, 6.45) is 0.962. The highest BCUT2D eigenvalue weighted by Crippen LogP contribution is 2.31. The minimum Gasteiger partial charge on any atom is -0.504 e. The Bertz CT molecular complexity index is 495. The van der Waals surface area contributed by atoms with Gasteiger partial charge in [0.25, 0.3) is 0 Å². The number of nitrogens with one attached hydrogen (secondary N) is 2. The monoisotopic (exact) mass is 314 g/mol. The van der Waals surface area contributed by atoms with Crippen molar-refractivity contribution in [2.75, 3.05) is 5.32 Å². The van der Waals surface area contributed by atoms with Gasteiger partial charge in [-0.05, 0) is 50.0 Å². The third kappa shape index (κ3) is 5.55. The second-order valence-corrected chi connectivity index (χ2v) is 7.65. The minimum atomic E-state index is -0.142. The molecule has 0 atom stereocenters. The lowest BCUT2D eigenvalue weighted by Crippen LogP contribution is -2.47. The Hall–Kier alpha value is -1.00. The van der Waals surface area contributed by atoms with Crippen molar-refractivity contribution in [3.8, 4) is 5.75 Å². The van der Waals surface area contributed by atoms with Gasteiger partial charge in [0.05, 0.1) is 10.7 Å². The molecule has 0 aliphatic heterocycles. The maximum absolute atomic E-state index is 9.85. The van der Waals surface area contributed by atoms with Gasteiger partial charge in [-0.25, -0.2) is 0 Å². The van der Waals surface area contributed by atoms with E-state index in [4.69, 9.17) is 23.8 Å². The van der Waals surface area contributed by atoms with Crippen molar-refractivity contribution in [3.05, 3.63) is 23.2 Å². The fourth-order valence-electron chi connectivity index (χ4n) is 2.45. The molecule has 0 saturated carbocycles. The number of thiocarbonyl (C=S) groups is 1. The number of para-hydroxylation sites is 1. The van der Waals surface area contributed by atoms with Crippen LogP contribution in [0.5, 0.6) is 5.75 Å². The normalized spacial score (nSPS) is 12.1. The zero-order valence-electron chi connectivity index (χ0n) is 12.7. The van der Waals surface area contributed by atoms with Crippen molar-refractivity contribution in [2.45, 2.75) is 46.6 Å². The van der Waals surface area contributed by atoms with Gasteiger partial charge >= 0.3 is 0 Å². The third-order valence-electron chi connectivity index (χ3n) is 2.66. The van der Waals surface area contributed by atoms with Crippen LogP contribution < -0.4 is 10.6 Å². The maximum atomic E-state index is 9.85. The highest BCUT2D eigenvalue weighted by Gasteiger charge is 2.26. The second-order valence-electron chi connectivity index (χ2n) is 6.84. The van der Waals surface area contributed by atoms with Crippen LogP contribution >= 0.6 is 23.8 Å². The molecule has 20 heavy (non-hydrogen) atoms. The van der Waals surface area contributed by atoms with E-state index >= 15 is 0 Å². The summed E-state index contributed by atoms with van der Waals surface area (Å²) in [5, 5.41) is 16.9. The standard InChI is InChI=1S/C15H23ClN2OS/c1-14(2,3)9-15(4,5)18-13(20)17-11-8-6-7-10(16)12(11)19/h6-8,19H,9H2,1-5H3,(H2,17,18,20). The molecule has 1 rings (SSSR count). The molecular formula is C15H23ClN2OS. The van der Waals surface area contributed by atoms with E-state index in [0.29, 0.717) is 15.8 Å². The summed E-state index contributed by atoms with van der Waals surface area (Å²) in [5.74, 6) is 0.00643. The van der Waals surface area contributed by atoms with Crippen molar-refractivity contribution in [2.24, 2.45) is 5.41 Å². The summed E-state index contributed by atoms with van der Waals surface area (Å²) in [6, 6.07) is 5.11. The van der Waals surface area contributed by atoms with Crippen LogP contribution in [0.25, 0.3) is 0 Å². The molecule has 3 N–H and O–H groups in total. The van der Waals surface area contributed by atoms with E-state index in [1.54, 1.807) is 18.2 Å². The molecule has 0 radical (unpaired) electrons. The summed E-state index contributed by atoms with van der Waals surface area (Å²) >= 11 is 11.2. The van der Waals surface area contributed by atoms with Crippen molar-refractivity contribution < 1.29 is 5.11 Å². The predicted molar refractivity (Wildman–Crippen MR) is 90.6 cm³/mol. The molecular weight excluding hydrogens is 292 g/mol. The molecule has 5 heteroatoms.